The molecule has 0 radical (unpaired) electrons. The number of nitrogens with one attached hydrogen (secondary N) is 2. The first kappa shape index (κ1) is 21.8. The van der Waals surface area contributed by atoms with Crippen LogP contribution in [0.1, 0.15) is 12.8 Å². The molecule has 0 spiro atoms. The minimum Gasteiger partial charge on any atom is -0.497 e. The molecule has 0 bridgehead atoms. The number of hydrogen-bond donors (Lipinski definition) is 2. The lowest BCUT2D eigenvalue weighted by Gasteiger charge is -2.24. The Bertz CT molecular complexity index is 1350. The molecule has 0 aliphatic carbocycles. The van der Waals surface area contributed by atoms with Gasteiger partial charge in [-0.15, -0.1) is 10.2 Å². The van der Waals surface area contributed by atoms with Crippen molar-refractivity contribution in [1.82, 2.24) is 15.1 Å². The van der Waals surface area contributed by atoms with Gasteiger partial charge in [0.25, 0.3) is 0 Å². The number of likely N-dealkylation sites (tertiary alicyclic amines) is 1. The van der Waals surface area contributed by atoms with Gasteiger partial charge in [-0.1, -0.05) is 59.9 Å². The van der Waals surface area contributed by atoms with E-state index in [1.807, 2.05) is 66.7 Å². The summed E-state index contributed by atoms with van der Waals surface area (Å²) in [5.41, 5.74) is 1.58. The normalized spacial score (nSPS) is 15.3. The van der Waals surface area contributed by atoms with Gasteiger partial charge in [-0.05, 0) is 36.4 Å². The second kappa shape index (κ2) is 9.48. The molecule has 2 N–H and O–H groups in total. The van der Waals surface area contributed by atoms with Crippen molar-refractivity contribution in [2.24, 2.45) is 0 Å². The van der Waals surface area contributed by atoms with Crippen molar-refractivity contribution in [3.8, 4) is 16.3 Å². The van der Waals surface area contributed by atoms with E-state index in [-0.39, 0.29) is 11.9 Å². The van der Waals surface area contributed by atoms with Crippen LogP contribution in [0.2, 0.25) is 0 Å². The van der Waals surface area contributed by atoms with Gasteiger partial charge < -0.3 is 15.0 Å². The quantitative estimate of drug-likeness (QED) is 0.425. The summed E-state index contributed by atoms with van der Waals surface area (Å²) in [7, 11) is 1.61. The zero-order valence-electron chi connectivity index (χ0n) is 18.5. The molecule has 5 rings (SSSR count). The third-order valence-electron chi connectivity index (χ3n) is 5.82. The van der Waals surface area contributed by atoms with Crippen molar-refractivity contribution >= 4 is 44.9 Å². The van der Waals surface area contributed by atoms with Crippen molar-refractivity contribution in [3.63, 3.8) is 0 Å². The number of amides is 3. The van der Waals surface area contributed by atoms with Crippen molar-refractivity contribution in [2.75, 3.05) is 24.3 Å². The van der Waals surface area contributed by atoms with E-state index in [9.17, 15) is 9.59 Å². The Kier molecular flexibility index (Phi) is 6.09. The minimum atomic E-state index is -0.570. The Hall–Kier alpha value is -3.98. The Balaban J connectivity index is 1.28. The molecule has 34 heavy (non-hydrogen) atoms. The number of anilines is 2. The van der Waals surface area contributed by atoms with Crippen LogP contribution >= 0.6 is 11.3 Å². The number of rotatable bonds is 5. The molecule has 1 aromatic heterocycles. The predicted molar refractivity (Wildman–Crippen MR) is 133 cm³/mol. The smallest absolute Gasteiger partial charge is 0.322 e. The number of aromatic nitrogens is 2. The molecule has 1 unspecified atom stereocenters. The molecule has 1 fully saturated rings. The van der Waals surface area contributed by atoms with Crippen LogP contribution < -0.4 is 15.4 Å². The van der Waals surface area contributed by atoms with Crippen LogP contribution in [0.25, 0.3) is 21.3 Å². The van der Waals surface area contributed by atoms with Crippen LogP contribution in [0.4, 0.5) is 15.6 Å². The summed E-state index contributed by atoms with van der Waals surface area (Å²) in [4.78, 5) is 27.7. The van der Waals surface area contributed by atoms with Crippen LogP contribution in [0, 0.1) is 0 Å². The molecule has 4 aromatic rings. The number of benzene rings is 3. The fraction of sp³-hybridized carbons (Fsp3) is 0.200. The molecular weight excluding hydrogens is 450 g/mol. The highest BCUT2D eigenvalue weighted by molar-refractivity contribution is 7.18. The summed E-state index contributed by atoms with van der Waals surface area (Å²) < 4.78 is 5.26. The molecule has 0 saturated carbocycles. The number of carbonyl (C=O) groups excluding carboxylic acids is 2. The van der Waals surface area contributed by atoms with E-state index in [0.717, 1.165) is 34.2 Å². The van der Waals surface area contributed by atoms with Gasteiger partial charge in [-0.2, -0.15) is 0 Å². The Labute approximate surface area is 200 Å². The second-order valence-electron chi connectivity index (χ2n) is 7.94. The van der Waals surface area contributed by atoms with Gasteiger partial charge in [0, 0.05) is 17.5 Å². The average Bonchev–Trinajstić information content (AvgIpc) is 3.54. The van der Waals surface area contributed by atoms with Gasteiger partial charge in [0.2, 0.25) is 11.0 Å². The molecule has 1 aliphatic heterocycles. The van der Waals surface area contributed by atoms with E-state index < -0.39 is 6.04 Å². The third-order valence-corrected chi connectivity index (χ3v) is 6.71. The molecular formula is C25H23N5O3S. The maximum atomic E-state index is 13.1. The average molecular weight is 474 g/mol. The van der Waals surface area contributed by atoms with Crippen LogP contribution in [-0.4, -0.2) is 46.7 Å². The topological polar surface area (TPSA) is 96.5 Å². The molecule has 9 heteroatoms. The Morgan fingerprint density at radius 1 is 1.03 bits per heavy atom. The van der Waals surface area contributed by atoms with Gasteiger partial charge in [-0.25, -0.2) is 4.79 Å². The van der Waals surface area contributed by atoms with Gasteiger partial charge >= 0.3 is 6.03 Å². The number of urea groups is 1. The van der Waals surface area contributed by atoms with Crippen molar-refractivity contribution in [1.29, 1.82) is 0 Å². The van der Waals surface area contributed by atoms with E-state index in [0.29, 0.717) is 23.1 Å². The largest absolute Gasteiger partial charge is 0.497 e. The standard InChI is InChI=1S/C25H23N5O3S/c1-33-18-10-4-9-17(15-18)23-28-29-24(34-23)27-22(31)21-13-6-14-30(21)25(32)26-20-12-5-8-16-7-2-3-11-19(16)20/h2-5,7-12,15,21H,6,13-14H2,1H3,(H,26,32)(H,27,29,31). The van der Waals surface area contributed by atoms with Crippen molar-refractivity contribution in [2.45, 2.75) is 18.9 Å². The molecule has 8 nitrogen and oxygen atoms in total. The Morgan fingerprint density at radius 2 is 1.85 bits per heavy atom. The summed E-state index contributed by atoms with van der Waals surface area (Å²) in [5, 5.41) is 17.2. The lowest BCUT2D eigenvalue weighted by molar-refractivity contribution is -0.119. The lowest BCUT2D eigenvalue weighted by Crippen LogP contribution is -2.45. The Morgan fingerprint density at radius 3 is 2.74 bits per heavy atom. The molecule has 172 valence electrons. The lowest BCUT2D eigenvalue weighted by atomic mass is 10.1. The van der Waals surface area contributed by atoms with E-state index in [1.54, 1.807) is 12.0 Å². The summed E-state index contributed by atoms with van der Waals surface area (Å²) in [5.74, 6) is 0.455. The number of carbonyl (C=O) groups is 2. The fourth-order valence-electron chi connectivity index (χ4n) is 4.14. The van der Waals surface area contributed by atoms with Gasteiger partial charge in [0.05, 0.1) is 12.8 Å². The number of ether oxygens (including phenoxy) is 1. The number of hydrogen-bond acceptors (Lipinski definition) is 6. The van der Waals surface area contributed by atoms with Crippen LogP contribution in [0.3, 0.4) is 0 Å². The molecule has 1 atom stereocenters. The van der Waals surface area contributed by atoms with E-state index in [4.69, 9.17) is 4.74 Å². The first-order valence-corrected chi connectivity index (χ1v) is 11.8. The van der Waals surface area contributed by atoms with Crippen LogP contribution in [-0.2, 0) is 4.79 Å². The summed E-state index contributed by atoms with van der Waals surface area (Å²) in [6, 6.07) is 20.3. The zero-order valence-corrected chi connectivity index (χ0v) is 19.3. The molecule has 3 aromatic carbocycles. The van der Waals surface area contributed by atoms with E-state index in [2.05, 4.69) is 20.8 Å². The van der Waals surface area contributed by atoms with Gasteiger partial charge in [0.15, 0.2) is 0 Å². The summed E-state index contributed by atoms with van der Waals surface area (Å²) >= 11 is 1.28. The van der Waals surface area contributed by atoms with Gasteiger partial charge in [-0.3, -0.25) is 10.1 Å². The highest BCUT2D eigenvalue weighted by Gasteiger charge is 2.34. The first-order valence-electron chi connectivity index (χ1n) is 11.0. The number of methoxy groups -OCH3 is 1. The van der Waals surface area contributed by atoms with Crippen LogP contribution in [0.15, 0.2) is 66.7 Å². The highest BCUT2D eigenvalue weighted by atomic mass is 32.1. The number of nitrogens with zero attached hydrogens (tertiary/aromatic N) is 3. The van der Waals surface area contributed by atoms with Crippen molar-refractivity contribution < 1.29 is 14.3 Å². The predicted octanol–water partition coefficient (Wildman–Crippen LogP) is 5.00. The third kappa shape index (κ3) is 4.42. The molecule has 1 aliphatic rings. The number of fused-ring (bicyclic) bond motifs is 1. The highest BCUT2D eigenvalue weighted by Crippen LogP contribution is 2.30. The SMILES string of the molecule is COc1cccc(-c2nnc(NC(=O)C3CCCN3C(=O)Nc3cccc4ccccc34)s2)c1. The summed E-state index contributed by atoms with van der Waals surface area (Å²) in [6.45, 7) is 0.514. The summed E-state index contributed by atoms with van der Waals surface area (Å²) in [6.07, 6.45) is 1.35. The molecule has 1 saturated heterocycles. The van der Waals surface area contributed by atoms with Crippen LogP contribution in [0.5, 0.6) is 5.75 Å². The maximum absolute atomic E-state index is 13.1. The molecule has 3 amide bonds. The second-order valence-corrected chi connectivity index (χ2v) is 8.92. The monoisotopic (exact) mass is 473 g/mol. The fourth-order valence-corrected chi connectivity index (χ4v) is 4.88. The zero-order chi connectivity index (χ0) is 23.5. The van der Waals surface area contributed by atoms with E-state index >= 15 is 0 Å². The first-order chi connectivity index (χ1) is 16.6. The maximum Gasteiger partial charge on any atom is 0.322 e. The van der Waals surface area contributed by atoms with Gasteiger partial charge in [0.1, 0.15) is 16.8 Å². The van der Waals surface area contributed by atoms with E-state index in [1.165, 1.54) is 11.3 Å². The molecule has 2 heterocycles. The minimum absolute atomic E-state index is 0.265. The van der Waals surface area contributed by atoms with Crippen molar-refractivity contribution in [3.05, 3.63) is 66.7 Å².